The highest BCUT2D eigenvalue weighted by Crippen LogP contribution is 2.34. The fourth-order valence-corrected chi connectivity index (χ4v) is 3.11. The van der Waals surface area contributed by atoms with E-state index in [2.05, 4.69) is 5.32 Å². The van der Waals surface area contributed by atoms with E-state index in [1.54, 1.807) is 18.2 Å². The monoisotopic (exact) mass is 402 g/mol. The first-order valence-corrected chi connectivity index (χ1v) is 8.54. The third-order valence-corrected chi connectivity index (χ3v) is 4.85. The van der Waals surface area contributed by atoms with Crippen LogP contribution in [0.3, 0.4) is 0 Å². The number of rotatable bonds is 6. The number of carbonyl (C=O) groups excluding carboxylic acids is 3. The number of hydrogen-bond acceptors (Lipinski definition) is 5. The zero-order valence-corrected chi connectivity index (χ0v) is 15.0. The zero-order valence-electron chi connectivity index (χ0n) is 12.6. The summed E-state index contributed by atoms with van der Waals surface area (Å²) in [5.74, 6) is -2.31. The molecule has 0 saturated carbocycles. The molecule has 1 saturated heterocycles. The van der Waals surface area contributed by atoms with Crippen molar-refractivity contribution in [3.8, 4) is 0 Å². The number of amides is 3. The number of carboxylic acid groups (broad SMARTS) is 1. The van der Waals surface area contributed by atoms with Gasteiger partial charge in [0.15, 0.2) is 0 Å². The third-order valence-electron chi connectivity index (χ3n) is 3.10. The molecule has 1 aliphatic heterocycles. The SMILES string of the molecule is O=C(O)CCNC(=O)CN1C(=O)S/C(=C\c2cccc(Cl)c2Cl)C1=O. The molecule has 2 rings (SSSR count). The number of halogens is 2. The number of hydrogen-bond donors (Lipinski definition) is 2. The molecule has 1 heterocycles. The summed E-state index contributed by atoms with van der Waals surface area (Å²) in [5.41, 5.74) is 0.477. The fourth-order valence-electron chi connectivity index (χ4n) is 1.92. The second-order valence-electron chi connectivity index (χ2n) is 4.90. The van der Waals surface area contributed by atoms with E-state index in [9.17, 15) is 19.2 Å². The topological polar surface area (TPSA) is 104 Å². The highest BCUT2D eigenvalue weighted by atomic mass is 35.5. The minimum atomic E-state index is -1.06. The lowest BCUT2D eigenvalue weighted by atomic mass is 10.2. The summed E-state index contributed by atoms with van der Waals surface area (Å²) in [6.45, 7) is -0.566. The lowest BCUT2D eigenvalue weighted by Crippen LogP contribution is -2.40. The van der Waals surface area contributed by atoms with E-state index in [0.29, 0.717) is 22.3 Å². The summed E-state index contributed by atoms with van der Waals surface area (Å²) < 4.78 is 0. The summed E-state index contributed by atoms with van der Waals surface area (Å²) in [4.78, 5) is 47.3. The van der Waals surface area contributed by atoms with Crippen molar-refractivity contribution in [2.45, 2.75) is 6.42 Å². The van der Waals surface area contributed by atoms with Crippen LogP contribution in [0, 0.1) is 0 Å². The Bertz CT molecular complexity index is 781. The molecule has 1 aromatic rings. The van der Waals surface area contributed by atoms with E-state index in [4.69, 9.17) is 28.3 Å². The summed E-state index contributed by atoms with van der Waals surface area (Å²) in [7, 11) is 0. The quantitative estimate of drug-likeness (QED) is 0.708. The van der Waals surface area contributed by atoms with Gasteiger partial charge in [-0.15, -0.1) is 0 Å². The lowest BCUT2D eigenvalue weighted by Gasteiger charge is -2.11. The van der Waals surface area contributed by atoms with Crippen molar-refractivity contribution < 1.29 is 24.3 Å². The van der Waals surface area contributed by atoms with Gasteiger partial charge in [0.25, 0.3) is 11.1 Å². The van der Waals surface area contributed by atoms with Gasteiger partial charge in [-0.3, -0.25) is 24.1 Å². The average molecular weight is 403 g/mol. The first-order valence-electron chi connectivity index (χ1n) is 6.97. The zero-order chi connectivity index (χ0) is 18.6. The Balaban J connectivity index is 2.06. The van der Waals surface area contributed by atoms with Crippen LogP contribution in [0.15, 0.2) is 23.1 Å². The maximum atomic E-state index is 12.3. The molecule has 0 aromatic heterocycles. The van der Waals surface area contributed by atoms with E-state index >= 15 is 0 Å². The number of nitrogens with zero attached hydrogens (tertiary/aromatic N) is 1. The van der Waals surface area contributed by atoms with Crippen LogP contribution in [0.5, 0.6) is 0 Å². The molecule has 132 valence electrons. The highest BCUT2D eigenvalue weighted by molar-refractivity contribution is 8.18. The van der Waals surface area contributed by atoms with E-state index in [-0.39, 0.29) is 22.9 Å². The number of imide groups is 1. The molecule has 0 atom stereocenters. The van der Waals surface area contributed by atoms with E-state index in [1.165, 1.54) is 6.08 Å². The van der Waals surface area contributed by atoms with Crippen molar-refractivity contribution in [3.63, 3.8) is 0 Å². The van der Waals surface area contributed by atoms with Gasteiger partial charge in [-0.05, 0) is 29.5 Å². The van der Waals surface area contributed by atoms with Gasteiger partial charge in [0.1, 0.15) is 6.54 Å². The minimum absolute atomic E-state index is 0.0850. The van der Waals surface area contributed by atoms with E-state index < -0.39 is 29.6 Å². The lowest BCUT2D eigenvalue weighted by molar-refractivity contribution is -0.137. The first-order chi connectivity index (χ1) is 11.8. The Hall–Kier alpha value is -2.03. The first kappa shape index (κ1) is 19.3. The molecule has 2 N–H and O–H groups in total. The normalized spacial score (nSPS) is 15.8. The van der Waals surface area contributed by atoms with Gasteiger partial charge in [-0.2, -0.15) is 0 Å². The van der Waals surface area contributed by atoms with Crippen molar-refractivity contribution in [2.75, 3.05) is 13.1 Å². The van der Waals surface area contributed by atoms with Crippen molar-refractivity contribution in [3.05, 3.63) is 38.7 Å². The molecule has 7 nitrogen and oxygen atoms in total. The molecular formula is C15H12Cl2N2O5S. The molecule has 25 heavy (non-hydrogen) atoms. The molecule has 3 amide bonds. The molecular weight excluding hydrogens is 391 g/mol. The summed E-state index contributed by atoms with van der Waals surface area (Å²) in [6.07, 6.45) is 1.18. The van der Waals surface area contributed by atoms with Gasteiger partial charge in [0.05, 0.1) is 21.4 Å². The van der Waals surface area contributed by atoms with Crippen LogP contribution >= 0.6 is 35.0 Å². The fraction of sp³-hybridized carbons (Fsp3) is 0.200. The maximum absolute atomic E-state index is 12.3. The molecule has 0 spiro atoms. The number of benzene rings is 1. The molecule has 1 aromatic carbocycles. The van der Waals surface area contributed by atoms with Gasteiger partial charge >= 0.3 is 5.97 Å². The Morgan fingerprint density at radius 2 is 2.00 bits per heavy atom. The number of aliphatic carboxylic acids is 1. The standard InChI is InChI=1S/C15H12Cl2N2O5S/c16-9-3-1-2-8(13(9)17)6-10-14(23)19(15(24)25-10)7-11(20)18-5-4-12(21)22/h1-3,6H,4-5,7H2,(H,18,20)(H,21,22)/b10-6-. The van der Waals surface area contributed by atoms with Crippen LogP contribution in [0.2, 0.25) is 10.0 Å². The van der Waals surface area contributed by atoms with Crippen LogP contribution < -0.4 is 5.32 Å². The predicted molar refractivity (Wildman–Crippen MR) is 94.4 cm³/mol. The third kappa shape index (κ3) is 4.97. The Kier molecular flexibility index (Phi) is 6.46. The van der Waals surface area contributed by atoms with Gasteiger partial charge in [0.2, 0.25) is 5.91 Å². The molecule has 0 radical (unpaired) electrons. The average Bonchev–Trinajstić information content (AvgIpc) is 2.79. The number of nitrogens with one attached hydrogen (secondary N) is 1. The van der Waals surface area contributed by atoms with Crippen molar-refractivity contribution in [1.82, 2.24) is 10.2 Å². The summed E-state index contributed by atoms with van der Waals surface area (Å²) in [5, 5.41) is 10.8. The smallest absolute Gasteiger partial charge is 0.305 e. The maximum Gasteiger partial charge on any atom is 0.305 e. The van der Waals surface area contributed by atoms with Crippen molar-refractivity contribution >= 4 is 64.1 Å². The van der Waals surface area contributed by atoms with Gasteiger partial charge in [0, 0.05) is 6.54 Å². The van der Waals surface area contributed by atoms with Gasteiger partial charge < -0.3 is 10.4 Å². The molecule has 10 heteroatoms. The second-order valence-corrected chi connectivity index (χ2v) is 6.68. The Labute approximate surface area is 157 Å². The number of thioether (sulfide) groups is 1. The van der Waals surface area contributed by atoms with Crippen LogP contribution in [0.1, 0.15) is 12.0 Å². The molecule has 1 aliphatic rings. The van der Waals surface area contributed by atoms with Crippen molar-refractivity contribution in [1.29, 1.82) is 0 Å². The minimum Gasteiger partial charge on any atom is -0.481 e. The molecule has 0 unspecified atom stereocenters. The van der Waals surface area contributed by atoms with Crippen LogP contribution in [-0.2, 0) is 14.4 Å². The summed E-state index contributed by atoms with van der Waals surface area (Å²) >= 11 is 12.6. The summed E-state index contributed by atoms with van der Waals surface area (Å²) in [6, 6.07) is 4.88. The molecule has 0 bridgehead atoms. The number of carboxylic acids is 1. The molecule has 0 aliphatic carbocycles. The van der Waals surface area contributed by atoms with E-state index in [0.717, 1.165) is 4.90 Å². The number of carbonyl (C=O) groups is 4. The Morgan fingerprint density at radius 1 is 1.28 bits per heavy atom. The van der Waals surface area contributed by atoms with Crippen LogP contribution in [0.4, 0.5) is 4.79 Å². The largest absolute Gasteiger partial charge is 0.481 e. The van der Waals surface area contributed by atoms with E-state index in [1.807, 2.05) is 0 Å². The van der Waals surface area contributed by atoms with Gasteiger partial charge in [-0.1, -0.05) is 35.3 Å². The van der Waals surface area contributed by atoms with Crippen LogP contribution in [-0.4, -0.2) is 46.1 Å². The second kappa shape index (κ2) is 8.37. The predicted octanol–water partition coefficient (Wildman–Crippen LogP) is 2.62. The van der Waals surface area contributed by atoms with Crippen LogP contribution in [0.25, 0.3) is 6.08 Å². The van der Waals surface area contributed by atoms with Crippen molar-refractivity contribution in [2.24, 2.45) is 0 Å². The highest BCUT2D eigenvalue weighted by Gasteiger charge is 2.36. The van der Waals surface area contributed by atoms with Gasteiger partial charge in [-0.25, -0.2) is 0 Å². The Morgan fingerprint density at radius 3 is 2.68 bits per heavy atom. The molecule has 1 fully saturated rings.